The monoisotopic (exact) mass is 430 g/mol. The van der Waals surface area contributed by atoms with Crippen molar-refractivity contribution in [2.45, 2.75) is 20.0 Å². The largest absolute Gasteiger partial charge is 0.490 e. The summed E-state index contributed by atoms with van der Waals surface area (Å²) >= 11 is 0. The maximum Gasteiger partial charge on any atom is 0.146 e. The predicted molar refractivity (Wildman–Crippen MR) is 117 cm³/mol. The van der Waals surface area contributed by atoms with Crippen LogP contribution in [0.1, 0.15) is 11.1 Å². The highest BCUT2D eigenvalue weighted by Crippen LogP contribution is 2.23. The summed E-state index contributed by atoms with van der Waals surface area (Å²) in [4.78, 5) is 4.27. The normalized spacial score (nSPS) is 15.4. The highest BCUT2D eigenvalue weighted by molar-refractivity contribution is 5.85. The minimum Gasteiger partial charge on any atom is -0.490 e. The summed E-state index contributed by atoms with van der Waals surface area (Å²) in [6, 6.07) is 12.9. The maximum atomic E-state index is 13.9. The number of aryl methyl sites for hydroxylation is 2. The highest BCUT2D eigenvalue weighted by Gasteiger charge is 2.21. The topological polar surface area (TPSA) is 35.9 Å². The number of piperazine rings is 1. The van der Waals surface area contributed by atoms with Gasteiger partial charge in [-0.25, -0.2) is 4.39 Å². The Kier molecular flexibility index (Phi) is 10.0. The lowest BCUT2D eigenvalue weighted by atomic mass is 10.1. The van der Waals surface area contributed by atoms with Crippen LogP contribution in [0.5, 0.6) is 5.75 Å². The van der Waals surface area contributed by atoms with Gasteiger partial charge in [0.25, 0.3) is 0 Å². The number of aliphatic hydroxyl groups is 1. The summed E-state index contributed by atoms with van der Waals surface area (Å²) in [7, 11) is 0. The van der Waals surface area contributed by atoms with Crippen LogP contribution < -0.4 is 9.64 Å². The van der Waals surface area contributed by atoms with E-state index < -0.39 is 6.10 Å². The summed E-state index contributed by atoms with van der Waals surface area (Å²) in [6.07, 6.45) is -0.547. The zero-order valence-electron chi connectivity index (χ0n) is 16.3. The molecule has 1 saturated heterocycles. The van der Waals surface area contributed by atoms with Gasteiger partial charge in [-0.1, -0.05) is 30.3 Å². The van der Waals surface area contributed by atoms with Gasteiger partial charge in [0.2, 0.25) is 0 Å². The molecule has 0 aromatic heterocycles. The summed E-state index contributed by atoms with van der Waals surface area (Å²) in [6.45, 7) is 7.98. The van der Waals surface area contributed by atoms with Crippen LogP contribution in [-0.4, -0.2) is 55.4 Å². The first kappa shape index (κ1) is 24.5. The van der Waals surface area contributed by atoms with E-state index in [-0.39, 0.29) is 37.2 Å². The molecule has 0 spiro atoms. The Morgan fingerprint density at radius 2 is 1.57 bits per heavy atom. The first-order valence-corrected chi connectivity index (χ1v) is 9.13. The van der Waals surface area contributed by atoms with Gasteiger partial charge in [-0.3, -0.25) is 4.90 Å². The third-order valence-corrected chi connectivity index (χ3v) is 4.86. The number of benzene rings is 2. The molecule has 2 aromatic rings. The molecule has 156 valence electrons. The standard InChI is InChI=1S/C21H27FN2O2.2ClH/c1-16-6-5-7-17(2)21(16)26-15-18(25)14-23-10-12-24(13-11-23)20-9-4-3-8-19(20)22;;/h3-9,18,25H,10-15H2,1-2H3;2*1H. The lowest BCUT2D eigenvalue weighted by Gasteiger charge is -2.37. The molecule has 0 radical (unpaired) electrons. The molecule has 28 heavy (non-hydrogen) atoms. The minimum atomic E-state index is -0.547. The molecule has 1 N–H and O–H groups in total. The molecule has 4 nitrogen and oxygen atoms in total. The summed E-state index contributed by atoms with van der Waals surface area (Å²) < 4.78 is 19.7. The van der Waals surface area contributed by atoms with Crippen molar-refractivity contribution in [2.75, 3.05) is 44.2 Å². The van der Waals surface area contributed by atoms with Gasteiger partial charge in [0.05, 0.1) is 5.69 Å². The Hall–Kier alpha value is -1.53. The lowest BCUT2D eigenvalue weighted by Crippen LogP contribution is -2.49. The van der Waals surface area contributed by atoms with E-state index in [1.165, 1.54) is 6.07 Å². The van der Waals surface area contributed by atoms with Gasteiger partial charge in [-0.05, 0) is 37.1 Å². The number of rotatable bonds is 6. The van der Waals surface area contributed by atoms with Gasteiger partial charge in [0, 0.05) is 32.7 Å². The molecule has 1 fully saturated rings. The van der Waals surface area contributed by atoms with Crippen LogP contribution in [0.2, 0.25) is 0 Å². The molecule has 1 atom stereocenters. The molecule has 1 aliphatic heterocycles. The van der Waals surface area contributed by atoms with Crippen LogP contribution in [0.3, 0.4) is 0 Å². The van der Waals surface area contributed by atoms with Crippen molar-refractivity contribution < 1.29 is 14.2 Å². The number of para-hydroxylation sites is 2. The number of anilines is 1. The van der Waals surface area contributed by atoms with Gasteiger partial charge < -0.3 is 14.7 Å². The molecule has 7 heteroatoms. The van der Waals surface area contributed by atoms with Gasteiger partial charge in [-0.15, -0.1) is 24.8 Å². The second kappa shape index (κ2) is 11.5. The van der Waals surface area contributed by atoms with Crippen molar-refractivity contribution in [3.8, 4) is 5.75 Å². The van der Waals surface area contributed by atoms with Gasteiger partial charge in [0.15, 0.2) is 0 Å². The van der Waals surface area contributed by atoms with Gasteiger partial charge in [-0.2, -0.15) is 0 Å². The van der Waals surface area contributed by atoms with Crippen molar-refractivity contribution in [3.63, 3.8) is 0 Å². The molecule has 1 heterocycles. The van der Waals surface area contributed by atoms with Crippen molar-refractivity contribution in [1.29, 1.82) is 0 Å². The second-order valence-electron chi connectivity index (χ2n) is 6.92. The van der Waals surface area contributed by atoms with Crippen molar-refractivity contribution >= 4 is 30.5 Å². The van der Waals surface area contributed by atoms with Gasteiger partial charge >= 0.3 is 0 Å². The second-order valence-corrected chi connectivity index (χ2v) is 6.92. The molecule has 3 rings (SSSR count). The molecule has 0 saturated carbocycles. The number of halogens is 3. The average molecular weight is 431 g/mol. The average Bonchev–Trinajstić information content (AvgIpc) is 2.62. The van der Waals surface area contributed by atoms with Crippen molar-refractivity contribution in [2.24, 2.45) is 0 Å². The Morgan fingerprint density at radius 3 is 2.18 bits per heavy atom. The van der Waals surface area contributed by atoms with Crippen molar-refractivity contribution in [3.05, 3.63) is 59.4 Å². The third-order valence-electron chi connectivity index (χ3n) is 4.86. The van der Waals surface area contributed by atoms with E-state index in [4.69, 9.17) is 4.74 Å². The molecule has 0 amide bonds. The Morgan fingerprint density at radius 1 is 0.964 bits per heavy atom. The first-order valence-electron chi connectivity index (χ1n) is 9.13. The maximum absolute atomic E-state index is 13.9. The van der Waals surface area contributed by atoms with E-state index in [0.717, 1.165) is 43.1 Å². The predicted octanol–water partition coefficient (Wildman–Crippen LogP) is 3.85. The molecule has 1 aliphatic rings. The van der Waals surface area contributed by atoms with Crippen LogP contribution in [0.15, 0.2) is 42.5 Å². The van der Waals surface area contributed by atoms with E-state index in [1.54, 1.807) is 6.07 Å². The lowest BCUT2D eigenvalue weighted by molar-refractivity contribution is 0.0658. The zero-order valence-corrected chi connectivity index (χ0v) is 17.9. The molecule has 0 aliphatic carbocycles. The summed E-state index contributed by atoms with van der Waals surface area (Å²) in [5.74, 6) is 0.680. The van der Waals surface area contributed by atoms with Gasteiger partial charge in [0.1, 0.15) is 24.3 Å². The van der Waals surface area contributed by atoms with E-state index in [2.05, 4.69) is 9.80 Å². The van der Waals surface area contributed by atoms with Crippen LogP contribution in [0.4, 0.5) is 10.1 Å². The molecule has 1 unspecified atom stereocenters. The van der Waals surface area contributed by atoms with E-state index >= 15 is 0 Å². The Balaban J connectivity index is 0.00000196. The number of hydrogen-bond donors (Lipinski definition) is 1. The number of ether oxygens (including phenoxy) is 1. The fourth-order valence-corrected chi connectivity index (χ4v) is 3.44. The quantitative estimate of drug-likeness (QED) is 0.754. The highest BCUT2D eigenvalue weighted by atomic mass is 35.5. The van der Waals surface area contributed by atoms with Crippen LogP contribution in [0.25, 0.3) is 0 Å². The van der Waals surface area contributed by atoms with Crippen LogP contribution in [0, 0.1) is 19.7 Å². The summed E-state index contributed by atoms with van der Waals surface area (Å²) in [5.41, 5.74) is 2.82. The number of aliphatic hydroxyl groups excluding tert-OH is 1. The third kappa shape index (κ3) is 6.24. The molecular formula is C21H29Cl2FN2O2. The molecular weight excluding hydrogens is 402 g/mol. The smallest absolute Gasteiger partial charge is 0.146 e. The van der Waals surface area contributed by atoms with E-state index in [0.29, 0.717) is 12.2 Å². The Bertz CT molecular complexity index is 720. The zero-order chi connectivity index (χ0) is 18.5. The van der Waals surface area contributed by atoms with E-state index in [9.17, 15) is 9.50 Å². The fraction of sp³-hybridized carbons (Fsp3) is 0.429. The number of hydrogen-bond acceptors (Lipinski definition) is 4. The molecule has 2 aromatic carbocycles. The summed E-state index contributed by atoms with van der Waals surface area (Å²) in [5, 5.41) is 10.3. The van der Waals surface area contributed by atoms with Crippen molar-refractivity contribution in [1.82, 2.24) is 4.90 Å². The van der Waals surface area contributed by atoms with Crippen LogP contribution >= 0.6 is 24.8 Å². The minimum absolute atomic E-state index is 0. The molecule has 0 bridgehead atoms. The van der Waals surface area contributed by atoms with E-state index in [1.807, 2.05) is 44.2 Å². The first-order chi connectivity index (χ1) is 12.5. The fourth-order valence-electron chi connectivity index (χ4n) is 3.44. The number of nitrogens with zero attached hydrogens (tertiary/aromatic N) is 2. The number of β-amino-alcohol motifs (C(OH)–C–C–N with tert-alkyl or cyclic N) is 1. The SMILES string of the molecule is Cc1cccc(C)c1OCC(O)CN1CCN(c2ccccc2F)CC1.Cl.Cl. The van der Waals surface area contributed by atoms with Crippen LogP contribution in [-0.2, 0) is 0 Å². The Labute approximate surface area is 179 Å².